The molecule has 3 atom stereocenters. The smallest absolute Gasteiger partial charge is 0.326 e. The number of amides is 1. The number of aliphatic carboxylic acids is 1. The molecule has 4 N–H and O–H groups in total. The van der Waals surface area contributed by atoms with Gasteiger partial charge in [0.25, 0.3) is 0 Å². The molecule has 0 radical (unpaired) electrons. The van der Waals surface area contributed by atoms with Gasteiger partial charge in [-0.25, -0.2) is 4.79 Å². The fraction of sp³-hybridized carbons (Fsp3) is 0.500. The maximum atomic E-state index is 12.0. The molecule has 0 saturated heterocycles. The van der Waals surface area contributed by atoms with Crippen LogP contribution in [0.15, 0.2) is 30.3 Å². The zero-order chi connectivity index (χ0) is 15.8. The highest BCUT2D eigenvalue weighted by atomic mass is 16.4. The molecule has 21 heavy (non-hydrogen) atoms. The zero-order valence-electron chi connectivity index (χ0n) is 12.6. The number of carbonyl (C=O) groups excluding carboxylic acids is 1. The summed E-state index contributed by atoms with van der Waals surface area (Å²) in [4.78, 5) is 23.2. The van der Waals surface area contributed by atoms with Gasteiger partial charge in [-0.05, 0) is 24.3 Å². The molecule has 116 valence electrons. The number of rotatable bonds is 8. The largest absolute Gasteiger partial charge is 0.480 e. The van der Waals surface area contributed by atoms with E-state index in [2.05, 4.69) is 5.32 Å². The molecule has 1 aromatic rings. The Hall–Kier alpha value is -1.88. The summed E-state index contributed by atoms with van der Waals surface area (Å²) >= 11 is 0. The van der Waals surface area contributed by atoms with Crippen molar-refractivity contribution in [2.24, 2.45) is 11.7 Å². The molecular formula is C16H24N2O3. The van der Waals surface area contributed by atoms with E-state index in [1.165, 1.54) is 0 Å². The Morgan fingerprint density at radius 2 is 1.90 bits per heavy atom. The molecule has 1 rings (SSSR count). The molecule has 0 saturated carbocycles. The number of carboxylic acid groups (broad SMARTS) is 1. The molecule has 0 aliphatic carbocycles. The van der Waals surface area contributed by atoms with Crippen LogP contribution < -0.4 is 11.1 Å². The van der Waals surface area contributed by atoms with Crippen molar-refractivity contribution in [2.45, 2.75) is 45.2 Å². The van der Waals surface area contributed by atoms with Gasteiger partial charge in [-0.15, -0.1) is 0 Å². The van der Waals surface area contributed by atoms with Crippen LogP contribution in [0.3, 0.4) is 0 Å². The number of benzene rings is 1. The van der Waals surface area contributed by atoms with E-state index in [0.29, 0.717) is 19.3 Å². The average Bonchev–Trinajstić information content (AvgIpc) is 2.49. The summed E-state index contributed by atoms with van der Waals surface area (Å²) in [6.45, 7) is 3.69. The molecule has 0 heterocycles. The van der Waals surface area contributed by atoms with E-state index in [-0.39, 0.29) is 5.92 Å². The van der Waals surface area contributed by atoms with Crippen LogP contribution in [0.25, 0.3) is 0 Å². The van der Waals surface area contributed by atoms with Crippen molar-refractivity contribution in [1.29, 1.82) is 0 Å². The van der Waals surface area contributed by atoms with Crippen LogP contribution in [-0.4, -0.2) is 29.1 Å². The van der Waals surface area contributed by atoms with Gasteiger partial charge in [0, 0.05) is 0 Å². The second-order valence-corrected chi connectivity index (χ2v) is 5.34. The number of aryl methyl sites for hydroxylation is 1. The predicted molar refractivity (Wildman–Crippen MR) is 81.8 cm³/mol. The molecule has 1 amide bonds. The highest BCUT2D eigenvalue weighted by Crippen LogP contribution is 2.09. The second kappa shape index (κ2) is 8.42. The summed E-state index contributed by atoms with van der Waals surface area (Å²) < 4.78 is 0. The third-order valence-electron chi connectivity index (χ3n) is 3.70. The molecule has 0 aromatic heterocycles. The van der Waals surface area contributed by atoms with Crippen molar-refractivity contribution < 1.29 is 14.7 Å². The Kier molecular flexibility index (Phi) is 6.88. The van der Waals surface area contributed by atoms with Crippen molar-refractivity contribution in [3.63, 3.8) is 0 Å². The van der Waals surface area contributed by atoms with Crippen molar-refractivity contribution in [1.82, 2.24) is 5.32 Å². The summed E-state index contributed by atoms with van der Waals surface area (Å²) in [5.74, 6) is -1.56. The van der Waals surface area contributed by atoms with Gasteiger partial charge >= 0.3 is 5.97 Å². The maximum absolute atomic E-state index is 12.0. The number of carbonyl (C=O) groups is 2. The van der Waals surface area contributed by atoms with Crippen LogP contribution in [0, 0.1) is 5.92 Å². The molecule has 5 heteroatoms. The summed E-state index contributed by atoms with van der Waals surface area (Å²) in [5, 5.41) is 11.7. The highest BCUT2D eigenvalue weighted by Gasteiger charge is 2.27. The van der Waals surface area contributed by atoms with Gasteiger partial charge in [0.05, 0.1) is 6.04 Å². The minimum absolute atomic E-state index is 0.132. The Labute approximate surface area is 125 Å². The lowest BCUT2D eigenvalue weighted by Crippen LogP contribution is -2.51. The highest BCUT2D eigenvalue weighted by molar-refractivity contribution is 5.86. The lowest BCUT2D eigenvalue weighted by Gasteiger charge is -2.22. The quantitative estimate of drug-likeness (QED) is 0.678. The standard InChI is InChI=1S/C16H24N2O3/c1-3-11(2)14(16(20)21)18-15(19)13(17)10-9-12-7-5-4-6-8-12/h4-8,11,13-14H,3,9-10,17H2,1-2H3,(H,18,19)(H,20,21)/t11?,13?,14-/m0/s1. The van der Waals surface area contributed by atoms with Crippen molar-refractivity contribution in [3.05, 3.63) is 35.9 Å². The predicted octanol–water partition coefficient (Wildman–Crippen LogP) is 1.56. The lowest BCUT2D eigenvalue weighted by molar-refractivity contribution is -0.143. The van der Waals surface area contributed by atoms with Gasteiger partial charge in [-0.3, -0.25) is 4.79 Å². The maximum Gasteiger partial charge on any atom is 0.326 e. The van der Waals surface area contributed by atoms with Crippen molar-refractivity contribution in [3.8, 4) is 0 Å². The first-order valence-corrected chi connectivity index (χ1v) is 7.28. The molecule has 0 spiro atoms. The molecule has 1 aromatic carbocycles. The number of nitrogens with one attached hydrogen (secondary N) is 1. The first-order valence-electron chi connectivity index (χ1n) is 7.28. The average molecular weight is 292 g/mol. The van der Waals surface area contributed by atoms with E-state index in [0.717, 1.165) is 5.56 Å². The van der Waals surface area contributed by atoms with Gasteiger partial charge in [0.1, 0.15) is 6.04 Å². The van der Waals surface area contributed by atoms with Crippen LogP contribution in [0.2, 0.25) is 0 Å². The van der Waals surface area contributed by atoms with Crippen LogP contribution in [-0.2, 0) is 16.0 Å². The Balaban J connectivity index is 2.51. The van der Waals surface area contributed by atoms with E-state index in [1.807, 2.05) is 37.3 Å². The molecule has 2 unspecified atom stereocenters. The Morgan fingerprint density at radius 1 is 1.29 bits per heavy atom. The van der Waals surface area contributed by atoms with E-state index >= 15 is 0 Å². The van der Waals surface area contributed by atoms with Crippen molar-refractivity contribution >= 4 is 11.9 Å². The van der Waals surface area contributed by atoms with Crippen molar-refractivity contribution in [2.75, 3.05) is 0 Å². The third kappa shape index (κ3) is 5.55. The summed E-state index contributed by atoms with van der Waals surface area (Å²) in [5.41, 5.74) is 6.96. The van der Waals surface area contributed by atoms with E-state index in [4.69, 9.17) is 10.8 Å². The van der Waals surface area contributed by atoms with Gasteiger partial charge in [0.2, 0.25) is 5.91 Å². The third-order valence-corrected chi connectivity index (χ3v) is 3.70. The first kappa shape index (κ1) is 17.2. The monoisotopic (exact) mass is 292 g/mol. The van der Waals surface area contributed by atoms with Crippen LogP contribution in [0.1, 0.15) is 32.3 Å². The number of hydrogen-bond donors (Lipinski definition) is 3. The molecule has 5 nitrogen and oxygen atoms in total. The number of hydrogen-bond acceptors (Lipinski definition) is 3. The minimum atomic E-state index is -1.02. The Bertz CT molecular complexity index is 462. The fourth-order valence-electron chi connectivity index (χ4n) is 2.04. The summed E-state index contributed by atoms with van der Waals surface area (Å²) in [6.07, 6.45) is 1.86. The SMILES string of the molecule is CCC(C)[C@H](NC(=O)C(N)CCc1ccccc1)C(=O)O. The number of nitrogens with two attached hydrogens (primary N) is 1. The van der Waals surface area contributed by atoms with E-state index in [9.17, 15) is 9.59 Å². The van der Waals surface area contributed by atoms with E-state index < -0.39 is 24.0 Å². The van der Waals surface area contributed by atoms with Crippen LogP contribution in [0.4, 0.5) is 0 Å². The fourth-order valence-corrected chi connectivity index (χ4v) is 2.04. The molecule has 0 aliphatic rings. The van der Waals surface area contributed by atoms with Gasteiger partial charge in [-0.2, -0.15) is 0 Å². The Morgan fingerprint density at radius 3 is 2.43 bits per heavy atom. The summed E-state index contributed by atoms with van der Waals surface area (Å²) in [7, 11) is 0. The van der Waals surface area contributed by atoms with Crippen LogP contribution >= 0.6 is 0 Å². The summed E-state index contributed by atoms with van der Waals surface area (Å²) in [6, 6.07) is 8.17. The lowest BCUT2D eigenvalue weighted by atomic mass is 9.98. The first-order chi connectivity index (χ1) is 9.95. The van der Waals surface area contributed by atoms with E-state index in [1.54, 1.807) is 6.92 Å². The van der Waals surface area contributed by atoms with Crippen LogP contribution in [0.5, 0.6) is 0 Å². The normalized spacial score (nSPS) is 15.0. The zero-order valence-corrected chi connectivity index (χ0v) is 12.6. The molecule has 0 bridgehead atoms. The second-order valence-electron chi connectivity index (χ2n) is 5.34. The molecule has 0 aliphatic heterocycles. The minimum Gasteiger partial charge on any atom is -0.480 e. The molecular weight excluding hydrogens is 268 g/mol. The van der Waals surface area contributed by atoms with Gasteiger partial charge in [0.15, 0.2) is 0 Å². The van der Waals surface area contributed by atoms with Gasteiger partial charge in [-0.1, -0.05) is 50.6 Å². The topological polar surface area (TPSA) is 92.4 Å². The number of carboxylic acids is 1. The van der Waals surface area contributed by atoms with Gasteiger partial charge < -0.3 is 16.2 Å². The molecule has 0 fully saturated rings.